The number of nitrogens with one attached hydrogen (secondary N) is 1. The predicted octanol–water partition coefficient (Wildman–Crippen LogP) is 1.31. The van der Waals surface area contributed by atoms with Crippen LogP contribution in [-0.4, -0.2) is 34.3 Å². The Morgan fingerprint density at radius 3 is 2.89 bits per heavy atom. The van der Waals surface area contributed by atoms with Gasteiger partial charge in [0.1, 0.15) is 0 Å². The number of carboxylic acids is 1. The van der Waals surface area contributed by atoms with Gasteiger partial charge in [-0.15, -0.1) is 0 Å². The van der Waals surface area contributed by atoms with Crippen molar-refractivity contribution in [3.63, 3.8) is 0 Å². The number of nitrogens with zero attached hydrogens (tertiary/aromatic N) is 1. The molecule has 1 aromatic heterocycles. The van der Waals surface area contributed by atoms with Crippen molar-refractivity contribution in [2.75, 3.05) is 13.7 Å². The largest absolute Gasteiger partial charge is 0.478 e. The van der Waals surface area contributed by atoms with Crippen molar-refractivity contribution >= 4 is 17.0 Å². The monoisotopic (exact) mass is 264 g/mol. The summed E-state index contributed by atoms with van der Waals surface area (Å²) in [5, 5.41) is 9.20. The Morgan fingerprint density at radius 2 is 2.26 bits per heavy atom. The number of ether oxygens (including phenoxy) is 1. The predicted molar refractivity (Wildman–Crippen MR) is 70.6 cm³/mol. The molecule has 102 valence electrons. The lowest BCUT2D eigenvalue weighted by Gasteiger charge is -2.11. The molecule has 0 bridgehead atoms. The van der Waals surface area contributed by atoms with Crippen molar-refractivity contribution in [2.45, 2.75) is 13.5 Å². The lowest BCUT2D eigenvalue weighted by molar-refractivity contribution is 0.0698. The highest BCUT2D eigenvalue weighted by Gasteiger charge is 2.16. The number of para-hydroxylation sites is 1. The van der Waals surface area contributed by atoms with Crippen molar-refractivity contribution in [3.8, 4) is 0 Å². The van der Waals surface area contributed by atoms with E-state index in [1.54, 1.807) is 19.2 Å². The second-order valence-corrected chi connectivity index (χ2v) is 4.61. The van der Waals surface area contributed by atoms with Crippen LogP contribution in [0.3, 0.4) is 0 Å². The minimum Gasteiger partial charge on any atom is -0.478 e. The van der Waals surface area contributed by atoms with Gasteiger partial charge in [0, 0.05) is 13.7 Å². The number of hydrogen-bond acceptors (Lipinski definition) is 3. The van der Waals surface area contributed by atoms with Gasteiger partial charge in [0.15, 0.2) is 0 Å². The van der Waals surface area contributed by atoms with Crippen LogP contribution in [0.5, 0.6) is 0 Å². The molecule has 0 radical (unpaired) electrons. The van der Waals surface area contributed by atoms with E-state index in [9.17, 15) is 14.7 Å². The van der Waals surface area contributed by atoms with Crippen LogP contribution in [0.1, 0.15) is 17.3 Å². The fourth-order valence-corrected chi connectivity index (χ4v) is 2.22. The van der Waals surface area contributed by atoms with E-state index < -0.39 is 5.97 Å². The van der Waals surface area contributed by atoms with Gasteiger partial charge in [-0.2, -0.15) is 0 Å². The Morgan fingerprint density at radius 1 is 1.53 bits per heavy atom. The Bertz CT molecular complexity index is 656. The summed E-state index contributed by atoms with van der Waals surface area (Å²) >= 11 is 0. The fraction of sp³-hybridized carbons (Fsp3) is 0.385. The molecule has 2 N–H and O–H groups in total. The molecule has 6 heteroatoms. The Labute approximate surface area is 109 Å². The Balaban J connectivity index is 2.56. The summed E-state index contributed by atoms with van der Waals surface area (Å²) in [6.07, 6.45) is 0. The normalized spacial score (nSPS) is 12.7. The van der Waals surface area contributed by atoms with Crippen LogP contribution in [0.2, 0.25) is 0 Å². The van der Waals surface area contributed by atoms with Gasteiger partial charge >= 0.3 is 11.7 Å². The number of imidazole rings is 1. The highest BCUT2D eigenvalue weighted by Crippen LogP contribution is 2.17. The topological polar surface area (TPSA) is 84.3 Å². The van der Waals surface area contributed by atoms with E-state index in [1.165, 1.54) is 10.6 Å². The zero-order chi connectivity index (χ0) is 14.0. The first-order valence-electron chi connectivity index (χ1n) is 5.98. The number of benzene rings is 1. The van der Waals surface area contributed by atoms with E-state index in [1.807, 2.05) is 6.92 Å². The first-order valence-corrected chi connectivity index (χ1v) is 5.98. The number of methoxy groups -OCH3 is 1. The molecule has 0 spiro atoms. The molecular weight excluding hydrogens is 248 g/mol. The lowest BCUT2D eigenvalue weighted by atomic mass is 10.1. The molecule has 0 aliphatic rings. The summed E-state index contributed by atoms with van der Waals surface area (Å²) in [4.78, 5) is 25.8. The summed E-state index contributed by atoms with van der Waals surface area (Å²) < 4.78 is 6.50. The minimum atomic E-state index is -1.04. The van der Waals surface area contributed by atoms with Crippen LogP contribution < -0.4 is 5.69 Å². The number of aromatic carboxylic acids is 1. The quantitative estimate of drug-likeness (QED) is 0.852. The van der Waals surface area contributed by atoms with E-state index in [0.717, 1.165) is 0 Å². The molecule has 6 nitrogen and oxygen atoms in total. The molecular formula is C13H16N2O4. The Hall–Kier alpha value is -2.08. The number of carboxylic acid groups (broad SMARTS) is 1. The fourth-order valence-electron chi connectivity index (χ4n) is 2.22. The number of aromatic amines is 1. The van der Waals surface area contributed by atoms with Crippen LogP contribution in [0, 0.1) is 5.92 Å². The van der Waals surface area contributed by atoms with Crippen LogP contribution in [-0.2, 0) is 11.3 Å². The van der Waals surface area contributed by atoms with Crippen LogP contribution in [0.25, 0.3) is 11.0 Å². The molecule has 2 aromatic rings. The molecule has 0 aliphatic heterocycles. The number of H-pyrrole nitrogens is 1. The number of fused-ring (bicyclic) bond motifs is 1. The zero-order valence-electron chi connectivity index (χ0n) is 10.8. The number of aromatic nitrogens is 2. The average molecular weight is 264 g/mol. The number of hydrogen-bond donors (Lipinski definition) is 2. The van der Waals surface area contributed by atoms with Gasteiger partial charge in [-0.1, -0.05) is 13.0 Å². The first-order chi connectivity index (χ1) is 9.04. The van der Waals surface area contributed by atoms with Crippen molar-refractivity contribution < 1.29 is 14.6 Å². The molecule has 1 atom stereocenters. The molecule has 19 heavy (non-hydrogen) atoms. The molecule has 2 rings (SSSR count). The van der Waals surface area contributed by atoms with E-state index >= 15 is 0 Å². The average Bonchev–Trinajstić information content (AvgIpc) is 2.66. The maximum absolute atomic E-state index is 11.9. The SMILES string of the molecule is COCC(C)Cn1c(=O)[nH]c2cccc(C(=O)O)c21. The highest BCUT2D eigenvalue weighted by molar-refractivity contribution is 6.01. The van der Waals surface area contributed by atoms with Crippen molar-refractivity contribution in [1.82, 2.24) is 9.55 Å². The molecule has 1 aromatic carbocycles. The summed E-state index contributed by atoms with van der Waals surface area (Å²) in [5.41, 5.74) is 0.796. The van der Waals surface area contributed by atoms with Gasteiger partial charge in [-0.25, -0.2) is 9.59 Å². The van der Waals surface area contributed by atoms with Crippen LogP contribution >= 0.6 is 0 Å². The smallest absolute Gasteiger partial charge is 0.337 e. The summed E-state index contributed by atoms with van der Waals surface area (Å²) in [7, 11) is 1.59. The van der Waals surface area contributed by atoms with Crippen molar-refractivity contribution in [1.29, 1.82) is 0 Å². The second-order valence-electron chi connectivity index (χ2n) is 4.61. The van der Waals surface area contributed by atoms with Crippen LogP contribution in [0.15, 0.2) is 23.0 Å². The van der Waals surface area contributed by atoms with Gasteiger partial charge in [0.05, 0.1) is 23.2 Å². The third-order valence-electron chi connectivity index (χ3n) is 2.97. The first kappa shape index (κ1) is 13.4. The van der Waals surface area contributed by atoms with Gasteiger partial charge in [0.2, 0.25) is 0 Å². The van der Waals surface area contributed by atoms with E-state index in [-0.39, 0.29) is 17.2 Å². The maximum Gasteiger partial charge on any atom is 0.337 e. The Kier molecular flexibility index (Phi) is 3.71. The molecule has 0 fully saturated rings. The molecule has 0 saturated heterocycles. The minimum absolute atomic E-state index is 0.114. The highest BCUT2D eigenvalue weighted by atomic mass is 16.5. The maximum atomic E-state index is 11.9. The van der Waals surface area contributed by atoms with Gasteiger partial charge < -0.3 is 14.8 Å². The second kappa shape index (κ2) is 5.27. The van der Waals surface area contributed by atoms with E-state index in [2.05, 4.69) is 4.98 Å². The van der Waals surface area contributed by atoms with Crippen LogP contribution in [0.4, 0.5) is 0 Å². The van der Waals surface area contributed by atoms with E-state index in [4.69, 9.17) is 4.74 Å². The van der Waals surface area contributed by atoms with Gasteiger partial charge in [-0.05, 0) is 18.1 Å². The third kappa shape index (κ3) is 2.53. The van der Waals surface area contributed by atoms with E-state index in [0.29, 0.717) is 24.2 Å². The molecule has 0 aliphatic carbocycles. The standard InChI is InChI=1S/C13H16N2O4/c1-8(7-19-2)6-15-11-9(12(16)17)4-3-5-10(11)14-13(15)18/h3-5,8H,6-7H2,1-2H3,(H,14,18)(H,16,17). The third-order valence-corrected chi connectivity index (χ3v) is 2.97. The number of rotatable bonds is 5. The number of carbonyl (C=O) groups is 1. The molecule has 1 unspecified atom stereocenters. The van der Waals surface area contributed by atoms with Gasteiger partial charge in [-0.3, -0.25) is 4.57 Å². The molecule has 1 heterocycles. The summed E-state index contributed by atoms with van der Waals surface area (Å²) in [5.74, 6) is -0.929. The summed E-state index contributed by atoms with van der Waals surface area (Å²) in [6.45, 7) is 2.86. The zero-order valence-corrected chi connectivity index (χ0v) is 10.8. The molecule has 0 amide bonds. The van der Waals surface area contributed by atoms with Crippen molar-refractivity contribution in [3.05, 3.63) is 34.2 Å². The molecule has 0 saturated carbocycles. The van der Waals surface area contributed by atoms with Crippen molar-refractivity contribution in [2.24, 2.45) is 5.92 Å². The lowest BCUT2D eigenvalue weighted by Crippen LogP contribution is -2.23. The summed E-state index contributed by atoms with van der Waals surface area (Å²) in [6, 6.07) is 4.81. The van der Waals surface area contributed by atoms with Gasteiger partial charge in [0.25, 0.3) is 0 Å².